The van der Waals surface area contributed by atoms with Crippen molar-refractivity contribution >= 4 is 35.6 Å². The van der Waals surface area contributed by atoms with Crippen LogP contribution in [0, 0.1) is 0 Å². The third kappa shape index (κ3) is 13.2. The minimum absolute atomic E-state index is 0.0989. The van der Waals surface area contributed by atoms with Gasteiger partial charge in [0.2, 0.25) is 23.6 Å². The van der Waals surface area contributed by atoms with Gasteiger partial charge >= 0.3 is 5.97 Å². The zero-order valence-corrected chi connectivity index (χ0v) is 21.6. The molecule has 1 aromatic rings. The lowest BCUT2D eigenvalue weighted by Crippen LogP contribution is -2.58. The number of carbonyl (C=O) groups is 5. The fourth-order valence-corrected chi connectivity index (χ4v) is 3.46. The number of nitrogens with one attached hydrogen (secondary N) is 4. The summed E-state index contributed by atoms with van der Waals surface area (Å²) in [5.74, 6) is -4.76. The summed E-state index contributed by atoms with van der Waals surface area (Å²) in [4.78, 5) is 72.2. The van der Waals surface area contributed by atoms with E-state index in [0.717, 1.165) is 0 Å². The molecule has 218 valence electrons. The molecule has 39 heavy (non-hydrogen) atoms. The SMILES string of the molecule is NCCCCC(N)C(=O)NC(CCCN=C(N)N)C(=O)NC(Cc1cnc[nH]1)C(=O)NC(CC(N)=O)C(=O)O. The molecule has 0 aliphatic rings. The topological polar surface area (TPSA) is 313 Å². The van der Waals surface area contributed by atoms with Crippen LogP contribution >= 0.6 is 0 Å². The molecule has 0 radical (unpaired) electrons. The number of nitrogens with two attached hydrogens (primary N) is 5. The Labute approximate surface area is 225 Å². The molecule has 15 N–H and O–H groups in total. The molecule has 1 aromatic heterocycles. The minimum Gasteiger partial charge on any atom is -0.480 e. The number of imidazole rings is 1. The van der Waals surface area contributed by atoms with Crippen molar-refractivity contribution in [3.8, 4) is 0 Å². The highest BCUT2D eigenvalue weighted by molar-refractivity contribution is 5.95. The summed E-state index contributed by atoms with van der Waals surface area (Å²) in [6, 6.07) is -4.93. The maximum absolute atomic E-state index is 13.3. The summed E-state index contributed by atoms with van der Waals surface area (Å²) < 4.78 is 0. The number of rotatable bonds is 19. The Bertz CT molecular complexity index is 981. The zero-order valence-electron chi connectivity index (χ0n) is 21.6. The molecule has 17 heteroatoms. The summed E-state index contributed by atoms with van der Waals surface area (Å²) in [5.41, 5.74) is 27.6. The molecule has 0 aliphatic heterocycles. The Morgan fingerprint density at radius 1 is 0.923 bits per heavy atom. The predicted molar refractivity (Wildman–Crippen MR) is 140 cm³/mol. The summed E-state index contributed by atoms with van der Waals surface area (Å²) in [5, 5.41) is 16.7. The largest absolute Gasteiger partial charge is 0.480 e. The van der Waals surface area contributed by atoms with E-state index in [9.17, 15) is 29.1 Å². The lowest BCUT2D eigenvalue weighted by atomic mass is 10.1. The van der Waals surface area contributed by atoms with Crippen LogP contribution in [0.25, 0.3) is 0 Å². The van der Waals surface area contributed by atoms with Crippen molar-refractivity contribution < 1.29 is 29.1 Å². The first-order valence-electron chi connectivity index (χ1n) is 12.3. The van der Waals surface area contributed by atoms with Gasteiger partial charge in [0, 0.05) is 24.9 Å². The molecule has 1 heterocycles. The molecule has 4 unspecified atom stereocenters. The standard InChI is InChI=1S/C22H39N11O6/c23-6-2-1-4-13(24)18(35)31-14(5-3-7-29-22(26)27)19(36)32-15(8-12-10-28-11-30-12)20(37)33-16(21(38)39)9-17(25)34/h10-11,13-16H,1-9,23-24H2,(H2,25,34)(H,28,30)(H,31,35)(H,32,36)(H,33,37)(H,38,39)(H4,26,27,29). The second-order valence-electron chi connectivity index (χ2n) is 8.81. The van der Waals surface area contributed by atoms with Gasteiger partial charge in [-0.2, -0.15) is 0 Å². The van der Waals surface area contributed by atoms with Crippen molar-refractivity contribution in [2.75, 3.05) is 13.1 Å². The molecule has 0 aromatic carbocycles. The molecule has 1 rings (SSSR count). The molecule has 0 aliphatic carbocycles. The van der Waals surface area contributed by atoms with Crippen molar-refractivity contribution in [2.24, 2.45) is 33.7 Å². The van der Waals surface area contributed by atoms with Crippen LogP contribution in [0.15, 0.2) is 17.5 Å². The van der Waals surface area contributed by atoms with Gasteiger partial charge in [-0.05, 0) is 32.2 Å². The number of H-pyrrole nitrogens is 1. The Morgan fingerprint density at radius 3 is 2.13 bits per heavy atom. The number of carboxylic acid groups (broad SMARTS) is 1. The van der Waals surface area contributed by atoms with E-state index < -0.39 is 60.2 Å². The van der Waals surface area contributed by atoms with E-state index in [0.29, 0.717) is 37.9 Å². The van der Waals surface area contributed by atoms with Crippen LogP contribution in [0.4, 0.5) is 0 Å². The number of amides is 4. The number of carbonyl (C=O) groups excluding carboxylic acids is 4. The second-order valence-corrected chi connectivity index (χ2v) is 8.81. The van der Waals surface area contributed by atoms with E-state index in [1.54, 1.807) is 0 Å². The fourth-order valence-electron chi connectivity index (χ4n) is 3.46. The maximum atomic E-state index is 13.3. The van der Waals surface area contributed by atoms with E-state index in [4.69, 9.17) is 28.7 Å². The number of aromatic amines is 1. The van der Waals surface area contributed by atoms with Crippen molar-refractivity contribution in [3.05, 3.63) is 18.2 Å². The lowest BCUT2D eigenvalue weighted by Gasteiger charge is -2.25. The van der Waals surface area contributed by atoms with Gasteiger partial charge in [-0.15, -0.1) is 0 Å². The summed E-state index contributed by atoms with van der Waals surface area (Å²) in [6.45, 7) is 0.627. The van der Waals surface area contributed by atoms with Crippen molar-refractivity contribution in [3.63, 3.8) is 0 Å². The van der Waals surface area contributed by atoms with Crippen molar-refractivity contribution in [1.29, 1.82) is 0 Å². The maximum Gasteiger partial charge on any atom is 0.326 e. The van der Waals surface area contributed by atoms with Crippen LogP contribution in [0.2, 0.25) is 0 Å². The third-order valence-electron chi connectivity index (χ3n) is 5.52. The summed E-state index contributed by atoms with van der Waals surface area (Å²) in [6.07, 6.45) is 4.07. The number of aromatic nitrogens is 2. The Hall–Kier alpha value is -4.25. The van der Waals surface area contributed by atoms with Crippen molar-refractivity contribution in [1.82, 2.24) is 25.9 Å². The number of primary amides is 1. The molecule has 0 saturated carbocycles. The van der Waals surface area contributed by atoms with Crippen LogP contribution in [-0.2, 0) is 30.4 Å². The third-order valence-corrected chi connectivity index (χ3v) is 5.52. The highest BCUT2D eigenvalue weighted by Crippen LogP contribution is 2.06. The normalized spacial score (nSPS) is 13.8. The van der Waals surface area contributed by atoms with Gasteiger partial charge in [-0.25, -0.2) is 9.78 Å². The Morgan fingerprint density at radius 2 is 1.56 bits per heavy atom. The molecule has 4 atom stereocenters. The molecule has 0 bridgehead atoms. The Kier molecular flexibility index (Phi) is 14.5. The first-order valence-corrected chi connectivity index (χ1v) is 12.3. The molecular weight excluding hydrogens is 514 g/mol. The number of hydrogen-bond acceptors (Lipinski definition) is 9. The number of carboxylic acids is 1. The van der Waals surface area contributed by atoms with Gasteiger partial charge in [0.05, 0.1) is 18.8 Å². The number of unbranched alkanes of at least 4 members (excludes halogenated alkanes) is 1. The number of aliphatic carboxylic acids is 1. The van der Waals surface area contributed by atoms with E-state index in [1.165, 1.54) is 12.5 Å². The first kappa shape index (κ1) is 32.8. The molecular formula is C22H39N11O6. The summed E-state index contributed by atoms with van der Waals surface area (Å²) in [7, 11) is 0. The van der Waals surface area contributed by atoms with Crippen LogP contribution in [0.1, 0.15) is 44.2 Å². The van der Waals surface area contributed by atoms with Crippen LogP contribution < -0.4 is 44.6 Å². The van der Waals surface area contributed by atoms with Gasteiger partial charge in [0.1, 0.15) is 18.1 Å². The highest BCUT2D eigenvalue weighted by Gasteiger charge is 2.31. The molecule has 0 fully saturated rings. The highest BCUT2D eigenvalue weighted by atomic mass is 16.4. The number of guanidine groups is 1. The monoisotopic (exact) mass is 553 g/mol. The fraction of sp³-hybridized carbons (Fsp3) is 0.591. The minimum atomic E-state index is -1.61. The first-order chi connectivity index (χ1) is 18.4. The smallest absolute Gasteiger partial charge is 0.326 e. The van der Waals surface area contributed by atoms with Gasteiger partial charge in [-0.3, -0.25) is 24.2 Å². The van der Waals surface area contributed by atoms with Crippen LogP contribution in [-0.4, -0.2) is 87.9 Å². The summed E-state index contributed by atoms with van der Waals surface area (Å²) >= 11 is 0. The molecule has 4 amide bonds. The quantitative estimate of drug-likeness (QED) is 0.0445. The average Bonchev–Trinajstić information content (AvgIpc) is 3.37. The van der Waals surface area contributed by atoms with Gasteiger partial charge in [0.25, 0.3) is 0 Å². The lowest BCUT2D eigenvalue weighted by molar-refractivity contribution is -0.143. The molecule has 0 saturated heterocycles. The molecule has 17 nitrogen and oxygen atoms in total. The van der Waals surface area contributed by atoms with E-state index in [1.807, 2.05) is 0 Å². The van der Waals surface area contributed by atoms with E-state index >= 15 is 0 Å². The number of nitrogens with zero attached hydrogens (tertiary/aromatic N) is 2. The zero-order chi connectivity index (χ0) is 29.4. The van der Waals surface area contributed by atoms with Gasteiger partial charge < -0.3 is 54.7 Å². The van der Waals surface area contributed by atoms with Gasteiger partial charge in [-0.1, -0.05) is 6.42 Å². The Balaban J connectivity index is 3.08. The predicted octanol–water partition coefficient (Wildman–Crippen LogP) is -4.12. The van der Waals surface area contributed by atoms with E-state index in [2.05, 4.69) is 30.9 Å². The second kappa shape index (κ2) is 17.3. The number of aliphatic imine (C=N–C) groups is 1. The average molecular weight is 554 g/mol. The van der Waals surface area contributed by atoms with Gasteiger partial charge in [0.15, 0.2) is 5.96 Å². The van der Waals surface area contributed by atoms with Crippen LogP contribution in [0.5, 0.6) is 0 Å². The molecule has 0 spiro atoms. The number of hydrogen-bond donors (Lipinski definition) is 10. The van der Waals surface area contributed by atoms with Crippen molar-refractivity contribution in [2.45, 2.75) is 69.1 Å². The van der Waals surface area contributed by atoms with E-state index in [-0.39, 0.29) is 25.3 Å². The van der Waals surface area contributed by atoms with Crippen LogP contribution in [0.3, 0.4) is 0 Å².